The molecule has 23 heteroatoms. The molecule has 10 amide bonds. The normalized spacial score (nSPS) is 18.6. The number of nitrogens with zero attached hydrogens (tertiary/aromatic N) is 1. The number of aromatic amines is 1. The standard InChI is InChI=1S/C46H61N11O12/c1-23(2)37(55-40(63)29-15-16-36(61)50-29)45(68)53-32(20-35(47)60)41(64)52-31(18-25-10-5-4-6-11-25)42(65)56-38(24(3)59)46(69)57-17-9-14-34(57)44(67)54-33(22-58)43(66)51-30(39(48)62)19-26-21-49-28-13-8-7-12-27(26)28/h4-8,10-13,21,23-24,29-34,37-38,49,58-59H,9,14-20,22H2,1-3H3,(H2,47,60)(H2,48,62)(H,50,61)(H,51,66)(H,52,64)(H,53,68)(H,54,67)(H,55,63)(H,56,65)/t24-,29-,30+,31+,32+,33+,34?,37+,38+/m1/s1. The van der Waals surface area contributed by atoms with Crippen molar-refractivity contribution < 1.29 is 58.2 Å². The molecule has 2 aliphatic rings. The lowest BCUT2D eigenvalue weighted by Crippen LogP contribution is -2.62. The van der Waals surface area contributed by atoms with Crippen LogP contribution in [0.3, 0.4) is 0 Å². The van der Waals surface area contributed by atoms with E-state index >= 15 is 0 Å². The number of H-pyrrole nitrogens is 1. The Morgan fingerprint density at radius 2 is 1.36 bits per heavy atom. The smallest absolute Gasteiger partial charge is 0.248 e. The van der Waals surface area contributed by atoms with Gasteiger partial charge in [0, 0.05) is 42.9 Å². The minimum atomic E-state index is -1.69. The predicted molar refractivity (Wildman–Crippen MR) is 246 cm³/mol. The van der Waals surface area contributed by atoms with Crippen molar-refractivity contribution >= 4 is 70.0 Å². The maximum absolute atomic E-state index is 14.2. The van der Waals surface area contributed by atoms with Crippen molar-refractivity contribution in [3.8, 4) is 0 Å². The number of likely N-dealkylation sites (tertiary alicyclic amines) is 1. The van der Waals surface area contributed by atoms with E-state index in [-0.39, 0.29) is 44.6 Å². The van der Waals surface area contributed by atoms with Crippen LogP contribution in [0.1, 0.15) is 64.0 Å². The number of aliphatic hydroxyl groups excluding tert-OH is 2. The molecule has 0 bridgehead atoms. The van der Waals surface area contributed by atoms with E-state index in [4.69, 9.17) is 11.5 Å². The third kappa shape index (κ3) is 14.1. The van der Waals surface area contributed by atoms with E-state index in [0.29, 0.717) is 17.5 Å². The zero-order chi connectivity index (χ0) is 50.5. The molecule has 2 aliphatic heterocycles. The third-order valence-corrected chi connectivity index (χ3v) is 12.0. The van der Waals surface area contributed by atoms with Crippen molar-refractivity contribution in [1.29, 1.82) is 0 Å². The predicted octanol–water partition coefficient (Wildman–Crippen LogP) is -3.48. The van der Waals surface area contributed by atoms with Gasteiger partial charge in [-0.05, 0) is 49.3 Å². The second-order valence-corrected chi connectivity index (χ2v) is 17.6. The van der Waals surface area contributed by atoms with Gasteiger partial charge in [0.2, 0.25) is 59.1 Å². The van der Waals surface area contributed by atoms with Gasteiger partial charge in [-0.25, -0.2) is 0 Å². The van der Waals surface area contributed by atoms with Crippen LogP contribution in [0.15, 0.2) is 60.8 Å². The number of carbonyl (C=O) groups is 10. The van der Waals surface area contributed by atoms with Crippen molar-refractivity contribution in [3.63, 3.8) is 0 Å². The van der Waals surface area contributed by atoms with E-state index in [1.54, 1.807) is 56.4 Å². The summed E-state index contributed by atoms with van der Waals surface area (Å²) in [5.41, 5.74) is 13.1. The van der Waals surface area contributed by atoms with Gasteiger partial charge in [-0.1, -0.05) is 62.4 Å². The van der Waals surface area contributed by atoms with Gasteiger partial charge in [0.25, 0.3) is 0 Å². The third-order valence-electron chi connectivity index (χ3n) is 12.0. The van der Waals surface area contributed by atoms with E-state index in [9.17, 15) is 58.2 Å². The highest BCUT2D eigenvalue weighted by Gasteiger charge is 2.42. The molecule has 0 aliphatic carbocycles. The molecule has 1 aromatic heterocycles. The first kappa shape index (κ1) is 52.6. The minimum Gasteiger partial charge on any atom is -0.394 e. The fraction of sp³-hybridized carbons (Fsp3) is 0.478. The maximum atomic E-state index is 14.2. The molecule has 14 N–H and O–H groups in total. The Bertz CT molecular complexity index is 2390. The number of benzene rings is 2. The number of hydrogen-bond acceptors (Lipinski definition) is 12. The number of nitrogens with two attached hydrogens (primary N) is 2. The molecular formula is C46H61N11O12. The molecule has 3 aromatic rings. The molecule has 2 aromatic carbocycles. The van der Waals surface area contributed by atoms with Crippen LogP contribution in [0.2, 0.25) is 0 Å². The van der Waals surface area contributed by atoms with Gasteiger partial charge in [-0.2, -0.15) is 0 Å². The largest absolute Gasteiger partial charge is 0.394 e. The van der Waals surface area contributed by atoms with Crippen LogP contribution in [-0.4, -0.2) is 147 Å². The summed E-state index contributed by atoms with van der Waals surface area (Å²) in [4.78, 5) is 136. The highest BCUT2D eigenvalue weighted by Crippen LogP contribution is 2.21. The summed E-state index contributed by atoms with van der Waals surface area (Å²) in [5, 5.41) is 39.3. The summed E-state index contributed by atoms with van der Waals surface area (Å²) in [7, 11) is 0. The molecule has 5 rings (SSSR count). The van der Waals surface area contributed by atoms with Gasteiger partial charge in [0.05, 0.1) is 19.1 Å². The molecule has 69 heavy (non-hydrogen) atoms. The lowest BCUT2D eigenvalue weighted by Gasteiger charge is -2.32. The summed E-state index contributed by atoms with van der Waals surface area (Å²) in [6, 6.07) is 4.66. The molecule has 23 nitrogen and oxygen atoms in total. The van der Waals surface area contributed by atoms with E-state index in [1.807, 2.05) is 18.2 Å². The van der Waals surface area contributed by atoms with Crippen LogP contribution in [-0.2, 0) is 60.8 Å². The number of aliphatic hydroxyl groups is 2. The van der Waals surface area contributed by atoms with Crippen LogP contribution < -0.4 is 48.7 Å². The number of fused-ring (bicyclic) bond motifs is 1. The first-order valence-corrected chi connectivity index (χ1v) is 22.6. The van der Waals surface area contributed by atoms with E-state index in [0.717, 1.165) is 15.8 Å². The van der Waals surface area contributed by atoms with Crippen LogP contribution in [0.5, 0.6) is 0 Å². The number of primary amides is 2. The van der Waals surface area contributed by atoms with Crippen molar-refractivity contribution in [2.75, 3.05) is 13.2 Å². The Balaban J connectivity index is 1.27. The SMILES string of the molecule is CC(C)[C@H](NC(=O)[C@H]1CCC(=O)N1)C(=O)N[C@@H](CC(N)=O)C(=O)N[C@@H](Cc1ccccc1)C(=O)N[C@H](C(=O)N1CCCC1C(=O)N[C@@H](CO)C(=O)N[C@@H](Cc1c[nH]c2ccccc12)C(N)=O)[C@@H](C)O. The number of rotatable bonds is 23. The minimum absolute atomic E-state index is 0.00134. The number of amides is 10. The summed E-state index contributed by atoms with van der Waals surface area (Å²) in [6.07, 6.45) is -0.0752. The lowest BCUT2D eigenvalue weighted by atomic mass is 10.0. The van der Waals surface area contributed by atoms with Crippen molar-refractivity contribution in [2.24, 2.45) is 17.4 Å². The molecule has 0 radical (unpaired) electrons. The number of aromatic nitrogens is 1. The molecular weight excluding hydrogens is 899 g/mol. The van der Waals surface area contributed by atoms with Gasteiger partial charge in [0.1, 0.15) is 48.3 Å². The number of carbonyl (C=O) groups excluding carboxylic acids is 10. The summed E-state index contributed by atoms with van der Waals surface area (Å²) < 4.78 is 0. The number of nitrogens with one attached hydrogen (secondary N) is 8. The van der Waals surface area contributed by atoms with Crippen molar-refractivity contribution in [2.45, 2.75) is 120 Å². The highest BCUT2D eigenvalue weighted by molar-refractivity contribution is 6.00. The molecule has 9 atom stereocenters. The topological polar surface area (TPSA) is 366 Å². The van der Waals surface area contributed by atoms with Crippen LogP contribution in [0, 0.1) is 5.92 Å². The van der Waals surface area contributed by atoms with E-state index in [2.05, 4.69) is 42.2 Å². The number of hydrogen-bond donors (Lipinski definition) is 12. The average molecular weight is 960 g/mol. The first-order chi connectivity index (χ1) is 32.8. The van der Waals surface area contributed by atoms with Crippen LogP contribution >= 0.6 is 0 Å². The highest BCUT2D eigenvalue weighted by atomic mass is 16.3. The van der Waals surface area contributed by atoms with E-state index < -0.39 is 127 Å². The molecule has 3 heterocycles. The Labute approximate surface area is 397 Å². The molecule has 1 unspecified atom stereocenters. The monoisotopic (exact) mass is 959 g/mol. The zero-order valence-corrected chi connectivity index (χ0v) is 38.5. The first-order valence-electron chi connectivity index (χ1n) is 22.6. The summed E-state index contributed by atoms with van der Waals surface area (Å²) >= 11 is 0. The lowest BCUT2D eigenvalue weighted by molar-refractivity contribution is -0.145. The van der Waals surface area contributed by atoms with Gasteiger partial charge in [0.15, 0.2) is 0 Å². The molecule has 0 saturated carbocycles. The van der Waals surface area contributed by atoms with Crippen molar-refractivity contribution in [3.05, 3.63) is 71.9 Å². The average Bonchev–Trinajstić information content (AvgIpc) is 4.08. The van der Waals surface area contributed by atoms with Gasteiger partial charge >= 0.3 is 0 Å². The Morgan fingerprint density at radius 1 is 0.725 bits per heavy atom. The number of para-hydroxylation sites is 1. The van der Waals surface area contributed by atoms with Gasteiger partial charge < -0.3 is 68.8 Å². The summed E-state index contributed by atoms with van der Waals surface area (Å²) in [6.45, 7) is 3.57. The van der Waals surface area contributed by atoms with Crippen LogP contribution in [0.25, 0.3) is 10.9 Å². The molecule has 2 fully saturated rings. The summed E-state index contributed by atoms with van der Waals surface area (Å²) in [5.74, 6) is -8.89. The second kappa shape index (κ2) is 24.1. The Hall–Kier alpha value is -7.40. The molecule has 0 spiro atoms. The van der Waals surface area contributed by atoms with Gasteiger partial charge in [-0.3, -0.25) is 47.9 Å². The fourth-order valence-electron chi connectivity index (χ4n) is 8.20. The Kier molecular flexibility index (Phi) is 18.3. The van der Waals surface area contributed by atoms with Crippen LogP contribution in [0.4, 0.5) is 0 Å². The van der Waals surface area contributed by atoms with E-state index in [1.165, 1.54) is 6.92 Å². The fourth-order valence-corrected chi connectivity index (χ4v) is 8.20. The van der Waals surface area contributed by atoms with Gasteiger partial charge in [-0.15, -0.1) is 0 Å². The molecule has 372 valence electrons. The zero-order valence-electron chi connectivity index (χ0n) is 38.5. The second-order valence-electron chi connectivity index (χ2n) is 17.6. The maximum Gasteiger partial charge on any atom is 0.248 e. The quantitative estimate of drug-likeness (QED) is 0.0441. The van der Waals surface area contributed by atoms with Crippen molar-refractivity contribution in [1.82, 2.24) is 47.1 Å². The molecule has 2 saturated heterocycles. The Morgan fingerprint density at radius 3 is 1.99 bits per heavy atom.